The average molecular weight is 497 g/mol. The fourth-order valence-corrected chi connectivity index (χ4v) is 4.58. The predicted octanol–water partition coefficient (Wildman–Crippen LogP) is 2.69. The Morgan fingerprint density at radius 3 is 2.67 bits per heavy atom. The second-order valence-electron chi connectivity index (χ2n) is 9.52. The number of amides is 3. The normalized spacial score (nSPS) is 16.1. The summed E-state index contributed by atoms with van der Waals surface area (Å²) in [5.74, 6) is 10.7. The summed E-state index contributed by atoms with van der Waals surface area (Å²) >= 11 is 0. The SMILES string of the molecule is CC(C)N(N)/C(=N\N)c1cccc(NC(=O)c2cc3c(cc2F)CCN(C(=O)NC2CCCC2)C3)n1. The molecule has 192 valence electrons. The van der Waals surface area contributed by atoms with E-state index in [1.807, 2.05) is 13.8 Å². The third-order valence-electron chi connectivity index (χ3n) is 6.66. The first kappa shape index (κ1) is 25.4. The molecule has 1 aliphatic heterocycles. The van der Waals surface area contributed by atoms with Crippen molar-refractivity contribution in [2.45, 2.75) is 64.6 Å². The van der Waals surface area contributed by atoms with E-state index in [1.165, 1.54) is 17.1 Å². The molecule has 0 unspecified atom stereocenters. The quantitative estimate of drug-likeness (QED) is 0.217. The molecule has 0 atom stereocenters. The summed E-state index contributed by atoms with van der Waals surface area (Å²) in [5, 5.41) is 10.8. The van der Waals surface area contributed by atoms with Gasteiger partial charge in [-0.1, -0.05) is 18.9 Å². The molecule has 1 aromatic carbocycles. The first-order chi connectivity index (χ1) is 17.3. The molecule has 1 fully saturated rings. The minimum Gasteiger partial charge on any atom is -0.335 e. The number of benzene rings is 1. The number of anilines is 1. The van der Waals surface area contributed by atoms with Crippen molar-refractivity contribution in [1.29, 1.82) is 0 Å². The van der Waals surface area contributed by atoms with Gasteiger partial charge in [-0.15, -0.1) is 0 Å². The Balaban J connectivity index is 1.49. The standard InChI is InChI=1S/C25H33FN8O2/c1-15(2)34(28)23(32-27)21-8-5-9-22(30-21)31-24(35)19-12-17-14-33(11-10-16(17)13-20(19)26)25(36)29-18-6-3-4-7-18/h5,8-9,12-13,15,18H,3-4,6-7,10-11,14,27-28H2,1-2H3,(H,29,36)(H,30,31,35)/b32-23-. The number of amidine groups is 1. The van der Waals surface area contributed by atoms with E-state index in [0.29, 0.717) is 25.2 Å². The third-order valence-corrected chi connectivity index (χ3v) is 6.66. The number of hydrazone groups is 1. The van der Waals surface area contributed by atoms with Crippen LogP contribution in [-0.4, -0.2) is 51.3 Å². The van der Waals surface area contributed by atoms with Crippen LogP contribution in [0.2, 0.25) is 0 Å². The maximum absolute atomic E-state index is 14.9. The number of aromatic nitrogens is 1. The summed E-state index contributed by atoms with van der Waals surface area (Å²) in [6.07, 6.45) is 4.79. The lowest BCUT2D eigenvalue weighted by Crippen LogP contribution is -2.46. The number of hydrazine groups is 1. The topological polar surface area (TPSA) is 142 Å². The van der Waals surface area contributed by atoms with Crippen molar-refractivity contribution < 1.29 is 14.0 Å². The van der Waals surface area contributed by atoms with Gasteiger partial charge in [0.25, 0.3) is 5.91 Å². The first-order valence-electron chi connectivity index (χ1n) is 12.2. The van der Waals surface area contributed by atoms with E-state index in [0.717, 1.165) is 36.8 Å². The number of nitrogens with two attached hydrogens (primary N) is 2. The number of fused-ring (bicyclic) bond motifs is 1. The van der Waals surface area contributed by atoms with Gasteiger partial charge >= 0.3 is 6.03 Å². The smallest absolute Gasteiger partial charge is 0.317 e. The number of halogens is 1. The number of urea groups is 1. The summed E-state index contributed by atoms with van der Waals surface area (Å²) in [6, 6.07) is 7.83. The molecular formula is C25H33FN8O2. The Labute approximate surface area is 209 Å². The number of pyridine rings is 1. The Kier molecular flexibility index (Phi) is 7.68. The highest BCUT2D eigenvalue weighted by Crippen LogP contribution is 2.25. The van der Waals surface area contributed by atoms with Crippen LogP contribution in [0.4, 0.5) is 15.0 Å². The van der Waals surface area contributed by atoms with Gasteiger partial charge in [-0.25, -0.2) is 20.0 Å². The molecule has 4 rings (SSSR count). The van der Waals surface area contributed by atoms with Gasteiger partial charge in [0.2, 0.25) is 0 Å². The minimum atomic E-state index is -0.646. The van der Waals surface area contributed by atoms with Crippen molar-refractivity contribution in [3.63, 3.8) is 0 Å². The number of hydrogen-bond acceptors (Lipinski definition) is 6. The highest BCUT2D eigenvalue weighted by Gasteiger charge is 2.26. The van der Waals surface area contributed by atoms with E-state index < -0.39 is 11.7 Å². The molecule has 0 radical (unpaired) electrons. The van der Waals surface area contributed by atoms with Crippen LogP contribution < -0.4 is 22.3 Å². The van der Waals surface area contributed by atoms with Crippen molar-refractivity contribution in [3.8, 4) is 0 Å². The van der Waals surface area contributed by atoms with Crippen LogP contribution in [0.3, 0.4) is 0 Å². The van der Waals surface area contributed by atoms with E-state index in [1.54, 1.807) is 23.1 Å². The van der Waals surface area contributed by atoms with E-state index >= 15 is 0 Å². The van der Waals surface area contributed by atoms with Gasteiger partial charge in [0.15, 0.2) is 5.84 Å². The molecule has 0 bridgehead atoms. The third kappa shape index (κ3) is 5.56. The molecule has 1 saturated carbocycles. The van der Waals surface area contributed by atoms with Gasteiger partial charge in [0, 0.05) is 25.2 Å². The van der Waals surface area contributed by atoms with E-state index in [-0.39, 0.29) is 35.3 Å². The first-order valence-corrected chi connectivity index (χ1v) is 12.2. The molecule has 1 aromatic heterocycles. The molecule has 10 nitrogen and oxygen atoms in total. The average Bonchev–Trinajstić information content (AvgIpc) is 3.37. The van der Waals surface area contributed by atoms with E-state index in [9.17, 15) is 14.0 Å². The summed E-state index contributed by atoms with van der Waals surface area (Å²) in [7, 11) is 0. The number of rotatable bonds is 5. The Morgan fingerprint density at radius 2 is 1.97 bits per heavy atom. The van der Waals surface area contributed by atoms with Crippen LogP contribution in [0, 0.1) is 5.82 Å². The molecule has 0 spiro atoms. The number of nitrogens with one attached hydrogen (secondary N) is 2. The zero-order chi connectivity index (χ0) is 25.8. The molecule has 11 heteroatoms. The van der Waals surface area contributed by atoms with Gasteiger partial charge in [0.1, 0.15) is 17.3 Å². The second-order valence-corrected chi connectivity index (χ2v) is 9.52. The largest absolute Gasteiger partial charge is 0.335 e. The molecule has 6 N–H and O–H groups in total. The Morgan fingerprint density at radius 1 is 1.22 bits per heavy atom. The van der Waals surface area contributed by atoms with Crippen LogP contribution in [0.1, 0.15) is 66.7 Å². The van der Waals surface area contributed by atoms with Crippen molar-refractivity contribution in [2.75, 3.05) is 11.9 Å². The van der Waals surface area contributed by atoms with Crippen molar-refractivity contribution >= 4 is 23.6 Å². The summed E-state index contributed by atoms with van der Waals surface area (Å²) < 4.78 is 14.9. The van der Waals surface area contributed by atoms with Crippen LogP contribution in [0.5, 0.6) is 0 Å². The molecule has 1 aliphatic carbocycles. The summed E-state index contributed by atoms with van der Waals surface area (Å²) in [4.78, 5) is 31.8. The molecular weight excluding hydrogens is 463 g/mol. The predicted molar refractivity (Wildman–Crippen MR) is 135 cm³/mol. The molecule has 3 amide bonds. The highest BCUT2D eigenvalue weighted by molar-refractivity contribution is 6.04. The minimum absolute atomic E-state index is 0.0863. The zero-order valence-corrected chi connectivity index (χ0v) is 20.6. The fourth-order valence-electron chi connectivity index (χ4n) is 4.58. The van der Waals surface area contributed by atoms with Crippen molar-refractivity contribution in [3.05, 3.63) is 58.5 Å². The maximum Gasteiger partial charge on any atom is 0.317 e. The van der Waals surface area contributed by atoms with Crippen LogP contribution in [-0.2, 0) is 13.0 Å². The summed E-state index contributed by atoms with van der Waals surface area (Å²) in [5.41, 5.74) is 1.80. The fraction of sp³-hybridized carbons (Fsp3) is 0.440. The van der Waals surface area contributed by atoms with E-state index in [2.05, 4.69) is 20.7 Å². The molecule has 0 saturated heterocycles. The molecule has 36 heavy (non-hydrogen) atoms. The van der Waals surface area contributed by atoms with Crippen molar-refractivity contribution in [1.82, 2.24) is 20.2 Å². The van der Waals surface area contributed by atoms with Crippen LogP contribution in [0.25, 0.3) is 0 Å². The van der Waals surface area contributed by atoms with Gasteiger partial charge in [-0.2, -0.15) is 5.10 Å². The van der Waals surface area contributed by atoms with Gasteiger partial charge in [-0.05, 0) is 68.5 Å². The monoisotopic (exact) mass is 496 g/mol. The summed E-state index contributed by atoms with van der Waals surface area (Å²) in [6.45, 7) is 4.57. The molecule has 2 heterocycles. The number of hydrogen-bond donors (Lipinski definition) is 4. The lowest BCUT2D eigenvalue weighted by molar-refractivity contribution is 0.102. The maximum atomic E-state index is 14.9. The zero-order valence-electron chi connectivity index (χ0n) is 20.6. The number of carbonyl (C=O) groups is 2. The highest BCUT2D eigenvalue weighted by atomic mass is 19.1. The second kappa shape index (κ2) is 10.9. The van der Waals surface area contributed by atoms with Gasteiger partial charge in [0.05, 0.1) is 5.56 Å². The Bertz CT molecular complexity index is 1160. The lowest BCUT2D eigenvalue weighted by atomic mass is 9.96. The number of carbonyl (C=O) groups excluding carboxylic acids is 2. The van der Waals surface area contributed by atoms with Gasteiger partial charge < -0.3 is 21.4 Å². The molecule has 2 aromatic rings. The molecule has 2 aliphatic rings. The van der Waals surface area contributed by atoms with Gasteiger partial charge in [-0.3, -0.25) is 9.80 Å². The lowest BCUT2D eigenvalue weighted by Gasteiger charge is -2.30. The van der Waals surface area contributed by atoms with E-state index in [4.69, 9.17) is 11.7 Å². The number of nitrogens with zero attached hydrogens (tertiary/aromatic N) is 4. The van der Waals surface area contributed by atoms with Crippen molar-refractivity contribution in [2.24, 2.45) is 16.8 Å². The van der Waals surface area contributed by atoms with Crippen LogP contribution in [0.15, 0.2) is 35.4 Å². The van der Waals surface area contributed by atoms with Crippen LogP contribution >= 0.6 is 0 Å². The Hall–Kier alpha value is -3.73.